The van der Waals surface area contributed by atoms with Gasteiger partial charge in [0.05, 0.1) is 0 Å². The molecule has 0 aliphatic carbocycles. The van der Waals surface area contributed by atoms with Gasteiger partial charge in [0.1, 0.15) is 0 Å². The van der Waals surface area contributed by atoms with Gasteiger partial charge < -0.3 is 9.73 Å². The Hall–Kier alpha value is -3.09. The summed E-state index contributed by atoms with van der Waals surface area (Å²) in [6, 6.07) is 9.35. The van der Waals surface area contributed by atoms with E-state index in [1.165, 1.54) is 18.7 Å². The van der Waals surface area contributed by atoms with E-state index < -0.39 is 11.9 Å². The van der Waals surface area contributed by atoms with E-state index in [0.717, 1.165) is 11.6 Å². The second-order valence-electron chi connectivity index (χ2n) is 4.14. The molecule has 0 aliphatic rings. The van der Waals surface area contributed by atoms with Crippen molar-refractivity contribution in [2.24, 2.45) is 0 Å². The molecule has 1 aromatic carbocycles. The molecular weight excluding hydrogens is 275 g/mol. The number of amides is 1. The minimum absolute atomic E-state index is 0.198. The smallest absolute Gasteiger partial charge is 0.255 e. The predicted molar refractivity (Wildman–Crippen MR) is 71.9 cm³/mol. The van der Waals surface area contributed by atoms with Crippen LogP contribution in [0.5, 0.6) is 0 Å². The molecule has 0 spiro atoms. The van der Waals surface area contributed by atoms with Crippen LogP contribution in [0.15, 0.2) is 53.4 Å². The number of carbonyl (C=O) groups is 1. The van der Waals surface area contributed by atoms with Crippen LogP contribution in [0.1, 0.15) is 10.4 Å². The SMILES string of the molecule is O=C(Nc1ccc(-c2nnco2)cc1)c1ccnc(F)c1. The molecule has 0 unspecified atom stereocenters. The largest absolute Gasteiger partial charge is 0.423 e. The lowest BCUT2D eigenvalue weighted by molar-refractivity contribution is 0.102. The number of nitrogens with one attached hydrogen (secondary N) is 1. The van der Waals surface area contributed by atoms with Gasteiger partial charge in [0, 0.05) is 29.1 Å². The van der Waals surface area contributed by atoms with Gasteiger partial charge in [-0.1, -0.05) is 0 Å². The molecule has 0 aliphatic heterocycles. The Morgan fingerprint density at radius 1 is 1.19 bits per heavy atom. The molecule has 0 radical (unpaired) electrons. The zero-order valence-electron chi connectivity index (χ0n) is 10.7. The molecule has 1 amide bonds. The van der Waals surface area contributed by atoms with Gasteiger partial charge in [-0.25, -0.2) is 4.98 Å². The number of carbonyl (C=O) groups excluding carboxylic acids is 1. The maximum atomic E-state index is 13.0. The van der Waals surface area contributed by atoms with Crippen LogP contribution in [-0.4, -0.2) is 21.1 Å². The zero-order chi connectivity index (χ0) is 14.7. The molecule has 2 aromatic heterocycles. The average Bonchev–Trinajstić information content (AvgIpc) is 3.02. The summed E-state index contributed by atoms with van der Waals surface area (Å²) in [5, 5.41) is 10.0. The summed E-state index contributed by atoms with van der Waals surface area (Å²) in [6.45, 7) is 0. The van der Waals surface area contributed by atoms with E-state index in [0.29, 0.717) is 11.6 Å². The van der Waals surface area contributed by atoms with E-state index in [9.17, 15) is 9.18 Å². The molecule has 21 heavy (non-hydrogen) atoms. The molecule has 6 nitrogen and oxygen atoms in total. The molecule has 2 heterocycles. The minimum Gasteiger partial charge on any atom is -0.423 e. The number of hydrogen-bond donors (Lipinski definition) is 1. The van der Waals surface area contributed by atoms with Crippen LogP contribution >= 0.6 is 0 Å². The standard InChI is InChI=1S/C14H9FN4O2/c15-12-7-10(5-6-16-12)13(20)18-11-3-1-9(2-4-11)14-19-17-8-21-14/h1-8H,(H,18,20). The second kappa shape index (κ2) is 5.49. The van der Waals surface area contributed by atoms with Crippen LogP contribution in [0.25, 0.3) is 11.5 Å². The first-order chi connectivity index (χ1) is 10.2. The van der Waals surface area contributed by atoms with Crippen LogP contribution < -0.4 is 5.32 Å². The Morgan fingerprint density at radius 2 is 2.00 bits per heavy atom. The topological polar surface area (TPSA) is 80.9 Å². The van der Waals surface area contributed by atoms with Crippen LogP contribution in [0.4, 0.5) is 10.1 Å². The van der Waals surface area contributed by atoms with Gasteiger partial charge in [0.2, 0.25) is 18.2 Å². The van der Waals surface area contributed by atoms with E-state index in [1.807, 2.05) is 0 Å². The molecule has 0 fully saturated rings. The van der Waals surface area contributed by atoms with E-state index in [4.69, 9.17) is 4.42 Å². The summed E-state index contributed by atoms with van der Waals surface area (Å²) in [4.78, 5) is 15.3. The van der Waals surface area contributed by atoms with E-state index in [2.05, 4.69) is 20.5 Å². The van der Waals surface area contributed by atoms with E-state index in [-0.39, 0.29) is 5.56 Å². The minimum atomic E-state index is -0.700. The normalized spacial score (nSPS) is 10.3. The molecule has 3 rings (SSSR count). The molecule has 0 atom stereocenters. The molecule has 0 saturated carbocycles. The van der Waals surface area contributed by atoms with Gasteiger partial charge >= 0.3 is 0 Å². The Bertz CT molecular complexity index is 757. The lowest BCUT2D eigenvalue weighted by atomic mass is 10.2. The molecule has 104 valence electrons. The number of nitrogens with zero attached hydrogens (tertiary/aromatic N) is 3. The number of halogens is 1. The van der Waals surface area contributed by atoms with Crippen molar-refractivity contribution in [3.8, 4) is 11.5 Å². The number of benzene rings is 1. The third kappa shape index (κ3) is 2.92. The maximum Gasteiger partial charge on any atom is 0.255 e. The Morgan fingerprint density at radius 3 is 2.67 bits per heavy atom. The summed E-state index contributed by atoms with van der Waals surface area (Å²) >= 11 is 0. The molecule has 3 aromatic rings. The van der Waals surface area contributed by atoms with Crippen molar-refractivity contribution in [2.75, 3.05) is 5.32 Å². The summed E-state index contributed by atoms with van der Waals surface area (Å²) < 4.78 is 18.0. The van der Waals surface area contributed by atoms with Crippen molar-refractivity contribution in [3.05, 3.63) is 60.5 Å². The molecule has 0 saturated heterocycles. The Labute approximate surface area is 118 Å². The molecular formula is C14H9FN4O2. The van der Waals surface area contributed by atoms with Gasteiger partial charge in [-0.15, -0.1) is 10.2 Å². The fourth-order valence-corrected chi connectivity index (χ4v) is 1.74. The van der Waals surface area contributed by atoms with Crippen molar-refractivity contribution in [1.29, 1.82) is 0 Å². The van der Waals surface area contributed by atoms with Gasteiger partial charge in [-0.2, -0.15) is 4.39 Å². The zero-order valence-corrected chi connectivity index (χ0v) is 10.7. The quantitative estimate of drug-likeness (QED) is 0.747. The molecule has 1 N–H and O–H groups in total. The van der Waals surface area contributed by atoms with Crippen LogP contribution in [0, 0.1) is 5.95 Å². The van der Waals surface area contributed by atoms with Gasteiger partial charge in [0.25, 0.3) is 5.91 Å². The van der Waals surface area contributed by atoms with E-state index in [1.54, 1.807) is 24.3 Å². The van der Waals surface area contributed by atoms with Gasteiger partial charge in [-0.05, 0) is 30.3 Å². The number of pyridine rings is 1. The van der Waals surface area contributed by atoms with Crippen molar-refractivity contribution in [2.45, 2.75) is 0 Å². The third-order valence-electron chi connectivity index (χ3n) is 2.74. The van der Waals surface area contributed by atoms with Crippen LogP contribution in [-0.2, 0) is 0 Å². The Balaban J connectivity index is 1.75. The predicted octanol–water partition coefficient (Wildman–Crippen LogP) is 2.52. The summed E-state index contributed by atoms with van der Waals surface area (Å²) in [6.07, 6.45) is 2.48. The highest BCUT2D eigenvalue weighted by atomic mass is 19.1. The number of hydrogen-bond acceptors (Lipinski definition) is 5. The summed E-state index contributed by atoms with van der Waals surface area (Å²) in [5.41, 5.74) is 1.50. The first-order valence-electron chi connectivity index (χ1n) is 6.02. The lowest BCUT2D eigenvalue weighted by Gasteiger charge is -2.05. The fraction of sp³-hybridized carbons (Fsp3) is 0. The first kappa shape index (κ1) is 12.9. The summed E-state index contributed by atoms with van der Waals surface area (Å²) in [7, 11) is 0. The highest BCUT2D eigenvalue weighted by Crippen LogP contribution is 2.19. The number of rotatable bonds is 3. The van der Waals surface area contributed by atoms with Crippen molar-refractivity contribution in [3.63, 3.8) is 0 Å². The van der Waals surface area contributed by atoms with Crippen molar-refractivity contribution < 1.29 is 13.6 Å². The summed E-state index contributed by atoms with van der Waals surface area (Å²) in [5.74, 6) is -0.722. The monoisotopic (exact) mass is 284 g/mol. The Kier molecular flexibility index (Phi) is 3.38. The molecule has 7 heteroatoms. The highest BCUT2D eigenvalue weighted by Gasteiger charge is 2.08. The number of anilines is 1. The average molecular weight is 284 g/mol. The first-order valence-corrected chi connectivity index (χ1v) is 6.02. The third-order valence-corrected chi connectivity index (χ3v) is 2.74. The van der Waals surface area contributed by atoms with E-state index >= 15 is 0 Å². The van der Waals surface area contributed by atoms with Crippen LogP contribution in [0.2, 0.25) is 0 Å². The second-order valence-corrected chi connectivity index (χ2v) is 4.14. The van der Waals surface area contributed by atoms with Crippen LogP contribution in [0.3, 0.4) is 0 Å². The van der Waals surface area contributed by atoms with Crippen molar-refractivity contribution in [1.82, 2.24) is 15.2 Å². The van der Waals surface area contributed by atoms with Crippen molar-refractivity contribution >= 4 is 11.6 Å². The fourth-order valence-electron chi connectivity index (χ4n) is 1.74. The highest BCUT2D eigenvalue weighted by molar-refractivity contribution is 6.04. The lowest BCUT2D eigenvalue weighted by Crippen LogP contribution is -2.12. The molecule has 0 bridgehead atoms. The van der Waals surface area contributed by atoms with Gasteiger partial charge in [-0.3, -0.25) is 4.79 Å². The number of aromatic nitrogens is 3. The maximum absolute atomic E-state index is 13.0. The van der Waals surface area contributed by atoms with Gasteiger partial charge in [0.15, 0.2) is 0 Å².